The number of nitrogens with one attached hydrogen (secondary N) is 1. The van der Waals surface area contributed by atoms with Crippen molar-refractivity contribution < 1.29 is 8.42 Å². The second-order valence-electron chi connectivity index (χ2n) is 5.34. The summed E-state index contributed by atoms with van der Waals surface area (Å²) in [4.78, 5) is 0.310. The molecule has 2 unspecified atom stereocenters. The Balaban J connectivity index is 2.16. The van der Waals surface area contributed by atoms with E-state index in [9.17, 15) is 8.42 Å². The maximum Gasteiger partial charge on any atom is 0.175 e. The van der Waals surface area contributed by atoms with Crippen molar-refractivity contribution in [3.8, 4) is 0 Å². The van der Waals surface area contributed by atoms with Crippen LogP contribution in [0.1, 0.15) is 32.6 Å². The van der Waals surface area contributed by atoms with Gasteiger partial charge in [0.2, 0.25) is 0 Å². The standard InChI is InChI=1S/C14H20ClNO2S/c1-3-10-4-5-11(8-10)16-14-9-12(19(2,17)18)6-7-13(14)15/h6-7,9-11,16H,3-5,8H2,1-2H3. The molecule has 1 N–H and O–H groups in total. The van der Waals surface area contributed by atoms with Crippen LogP contribution < -0.4 is 5.32 Å². The third-order valence-electron chi connectivity index (χ3n) is 3.84. The molecule has 1 aliphatic carbocycles. The Bertz CT molecular complexity index is 557. The van der Waals surface area contributed by atoms with Gasteiger partial charge in [-0.2, -0.15) is 0 Å². The van der Waals surface area contributed by atoms with Gasteiger partial charge in [-0.05, 0) is 43.4 Å². The van der Waals surface area contributed by atoms with Crippen LogP contribution in [0.3, 0.4) is 0 Å². The molecule has 19 heavy (non-hydrogen) atoms. The fraction of sp³-hybridized carbons (Fsp3) is 0.571. The van der Waals surface area contributed by atoms with Crippen LogP contribution in [0.25, 0.3) is 0 Å². The highest BCUT2D eigenvalue weighted by Crippen LogP contribution is 2.33. The highest BCUT2D eigenvalue weighted by molar-refractivity contribution is 7.90. The number of sulfone groups is 1. The van der Waals surface area contributed by atoms with Gasteiger partial charge < -0.3 is 5.32 Å². The Labute approximate surface area is 120 Å². The molecular weight excluding hydrogens is 282 g/mol. The Morgan fingerprint density at radius 3 is 2.68 bits per heavy atom. The topological polar surface area (TPSA) is 46.2 Å². The largest absolute Gasteiger partial charge is 0.381 e. The van der Waals surface area contributed by atoms with Crippen molar-refractivity contribution in [3.05, 3.63) is 23.2 Å². The Morgan fingerprint density at radius 1 is 1.37 bits per heavy atom. The van der Waals surface area contributed by atoms with Crippen LogP contribution in [0.15, 0.2) is 23.1 Å². The molecule has 1 aromatic rings. The van der Waals surface area contributed by atoms with Gasteiger partial charge in [0.25, 0.3) is 0 Å². The van der Waals surface area contributed by atoms with Crippen molar-refractivity contribution in [1.82, 2.24) is 0 Å². The zero-order valence-electron chi connectivity index (χ0n) is 11.3. The first-order valence-electron chi connectivity index (χ1n) is 6.66. The number of anilines is 1. The molecule has 1 aliphatic rings. The van der Waals surface area contributed by atoms with Gasteiger partial charge in [-0.1, -0.05) is 24.9 Å². The van der Waals surface area contributed by atoms with E-state index in [2.05, 4.69) is 12.2 Å². The predicted octanol–water partition coefficient (Wildman–Crippen LogP) is 3.73. The van der Waals surface area contributed by atoms with E-state index in [1.165, 1.54) is 19.1 Å². The Morgan fingerprint density at radius 2 is 2.11 bits per heavy atom. The Hall–Kier alpha value is -0.740. The summed E-state index contributed by atoms with van der Waals surface area (Å²) in [7, 11) is -3.19. The quantitative estimate of drug-likeness (QED) is 0.921. The summed E-state index contributed by atoms with van der Waals surface area (Å²) in [6.07, 6.45) is 5.91. The molecule has 5 heteroatoms. The lowest BCUT2D eigenvalue weighted by molar-refractivity contribution is 0.525. The molecule has 106 valence electrons. The summed E-state index contributed by atoms with van der Waals surface area (Å²) in [6.45, 7) is 2.21. The van der Waals surface area contributed by atoms with Crippen molar-refractivity contribution >= 4 is 27.1 Å². The predicted molar refractivity (Wildman–Crippen MR) is 79.6 cm³/mol. The van der Waals surface area contributed by atoms with Crippen molar-refractivity contribution in [2.45, 2.75) is 43.5 Å². The normalized spacial score (nSPS) is 23.5. The molecule has 1 saturated carbocycles. The van der Waals surface area contributed by atoms with Gasteiger partial charge >= 0.3 is 0 Å². The number of benzene rings is 1. The molecule has 2 atom stereocenters. The zero-order valence-corrected chi connectivity index (χ0v) is 12.9. The molecule has 0 spiro atoms. The zero-order chi connectivity index (χ0) is 14.0. The molecule has 1 fully saturated rings. The van der Waals surface area contributed by atoms with E-state index in [1.54, 1.807) is 18.2 Å². The summed E-state index contributed by atoms with van der Waals surface area (Å²) in [6, 6.07) is 5.23. The molecule has 0 aliphatic heterocycles. The molecular formula is C14H20ClNO2S. The minimum Gasteiger partial charge on any atom is -0.381 e. The molecule has 0 radical (unpaired) electrons. The summed E-state index contributed by atoms with van der Waals surface area (Å²) in [5, 5.41) is 3.97. The fourth-order valence-electron chi connectivity index (χ4n) is 2.64. The summed E-state index contributed by atoms with van der Waals surface area (Å²) < 4.78 is 23.1. The van der Waals surface area contributed by atoms with Crippen LogP contribution in [0.2, 0.25) is 5.02 Å². The van der Waals surface area contributed by atoms with Crippen LogP contribution in [-0.4, -0.2) is 20.7 Å². The third-order valence-corrected chi connectivity index (χ3v) is 5.28. The van der Waals surface area contributed by atoms with Gasteiger partial charge in [-0.15, -0.1) is 0 Å². The van der Waals surface area contributed by atoms with Crippen molar-refractivity contribution in [3.63, 3.8) is 0 Å². The molecule has 0 bridgehead atoms. The Kier molecular flexibility index (Phi) is 4.41. The van der Waals surface area contributed by atoms with E-state index in [-0.39, 0.29) is 0 Å². The third kappa shape index (κ3) is 3.63. The molecule has 0 saturated heterocycles. The maximum absolute atomic E-state index is 11.6. The van der Waals surface area contributed by atoms with Crippen molar-refractivity contribution in [1.29, 1.82) is 0 Å². The highest BCUT2D eigenvalue weighted by Gasteiger charge is 2.23. The fourth-order valence-corrected chi connectivity index (χ4v) is 3.46. The van der Waals surface area contributed by atoms with E-state index >= 15 is 0 Å². The minimum absolute atomic E-state index is 0.310. The van der Waals surface area contributed by atoms with Crippen LogP contribution in [0, 0.1) is 5.92 Å². The first-order valence-corrected chi connectivity index (χ1v) is 8.93. The van der Waals surface area contributed by atoms with Crippen molar-refractivity contribution in [2.24, 2.45) is 5.92 Å². The monoisotopic (exact) mass is 301 g/mol. The van der Waals surface area contributed by atoms with Gasteiger partial charge in [-0.3, -0.25) is 0 Å². The minimum atomic E-state index is -3.19. The van der Waals surface area contributed by atoms with Gasteiger partial charge in [-0.25, -0.2) is 8.42 Å². The van der Waals surface area contributed by atoms with E-state index in [1.807, 2.05) is 0 Å². The SMILES string of the molecule is CCC1CCC(Nc2cc(S(C)(=O)=O)ccc2Cl)C1. The average molecular weight is 302 g/mol. The second-order valence-corrected chi connectivity index (χ2v) is 7.77. The molecule has 0 aromatic heterocycles. The van der Waals surface area contributed by atoms with Gasteiger partial charge in [0, 0.05) is 12.3 Å². The van der Waals surface area contributed by atoms with E-state index in [0.717, 1.165) is 24.4 Å². The smallest absolute Gasteiger partial charge is 0.175 e. The lowest BCUT2D eigenvalue weighted by atomic mass is 10.1. The number of rotatable bonds is 4. The number of hydrogen-bond donors (Lipinski definition) is 1. The number of halogens is 1. The van der Waals surface area contributed by atoms with Crippen molar-refractivity contribution in [2.75, 3.05) is 11.6 Å². The molecule has 3 nitrogen and oxygen atoms in total. The molecule has 1 aromatic carbocycles. The van der Waals surface area contributed by atoms with Crippen LogP contribution in [0.5, 0.6) is 0 Å². The summed E-state index contributed by atoms with van der Waals surface area (Å²) in [5.41, 5.74) is 0.728. The second kappa shape index (κ2) is 5.71. The van der Waals surface area contributed by atoms with E-state index in [4.69, 9.17) is 11.6 Å². The molecule has 2 rings (SSSR count). The van der Waals surface area contributed by atoms with Crippen LogP contribution in [0.4, 0.5) is 5.69 Å². The highest BCUT2D eigenvalue weighted by atomic mass is 35.5. The summed E-state index contributed by atoms with van der Waals surface area (Å²) in [5.74, 6) is 0.773. The van der Waals surface area contributed by atoms with Gasteiger partial charge in [0.15, 0.2) is 9.84 Å². The first-order chi connectivity index (χ1) is 8.90. The lowest BCUT2D eigenvalue weighted by Crippen LogP contribution is -2.16. The van der Waals surface area contributed by atoms with Gasteiger partial charge in [0.05, 0.1) is 15.6 Å². The molecule has 0 heterocycles. The lowest BCUT2D eigenvalue weighted by Gasteiger charge is -2.16. The maximum atomic E-state index is 11.6. The van der Waals surface area contributed by atoms with E-state index in [0.29, 0.717) is 16.0 Å². The summed E-state index contributed by atoms with van der Waals surface area (Å²) >= 11 is 6.14. The molecule has 0 amide bonds. The van der Waals surface area contributed by atoms with Crippen LogP contribution in [-0.2, 0) is 9.84 Å². The van der Waals surface area contributed by atoms with Gasteiger partial charge in [0.1, 0.15) is 0 Å². The van der Waals surface area contributed by atoms with Crippen LogP contribution >= 0.6 is 11.6 Å². The number of hydrogen-bond acceptors (Lipinski definition) is 3. The average Bonchev–Trinajstić information content (AvgIpc) is 2.78. The van der Waals surface area contributed by atoms with E-state index < -0.39 is 9.84 Å². The first kappa shape index (κ1) is 14.7.